The van der Waals surface area contributed by atoms with Gasteiger partial charge in [-0.2, -0.15) is 0 Å². The minimum Gasteiger partial charge on any atom is -0.323 e. The Bertz CT molecular complexity index is 583. The molecule has 124 valence electrons. The average molecular weight is 329 g/mol. The summed E-state index contributed by atoms with van der Waals surface area (Å²) in [6.45, 7) is 3.21. The van der Waals surface area contributed by atoms with E-state index in [0.29, 0.717) is 19.6 Å². The Balaban J connectivity index is 1.60. The van der Waals surface area contributed by atoms with Gasteiger partial charge in [-0.15, -0.1) is 0 Å². The molecule has 0 bridgehead atoms. The number of imide groups is 1. The maximum Gasteiger partial charge on any atom is 0.325 e. The SMILES string of the molecule is CC1CS(=O)(=O)CCN1CCN1C(=O)NC2(CCCC2)C1=O. The summed E-state index contributed by atoms with van der Waals surface area (Å²) in [5, 5.41) is 2.86. The van der Waals surface area contributed by atoms with Gasteiger partial charge in [0.2, 0.25) is 0 Å². The number of nitrogens with one attached hydrogen (secondary N) is 1. The largest absolute Gasteiger partial charge is 0.325 e. The van der Waals surface area contributed by atoms with Gasteiger partial charge in [-0.1, -0.05) is 12.8 Å². The van der Waals surface area contributed by atoms with Gasteiger partial charge in [0.15, 0.2) is 9.84 Å². The molecule has 3 amide bonds. The third-order valence-electron chi connectivity index (χ3n) is 5.12. The molecule has 3 rings (SSSR count). The van der Waals surface area contributed by atoms with Crippen LogP contribution in [0.5, 0.6) is 0 Å². The predicted octanol–water partition coefficient (Wildman–Crippen LogP) is -0.0301. The van der Waals surface area contributed by atoms with E-state index in [1.54, 1.807) is 0 Å². The van der Waals surface area contributed by atoms with Gasteiger partial charge in [-0.3, -0.25) is 14.6 Å². The number of carbonyl (C=O) groups excluding carboxylic acids is 2. The van der Waals surface area contributed by atoms with Crippen molar-refractivity contribution < 1.29 is 18.0 Å². The molecule has 0 radical (unpaired) electrons. The lowest BCUT2D eigenvalue weighted by Gasteiger charge is -2.33. The molecular formula is C14H23N3O4S. The van der Waals surface area contributed by atoms with Gasteiger partial charge in [-0.25, -0.2) is 13.2 Å². The van der Waals surface area contributed by atoms with Crippen LogP contribution in [0.15, 0.2) is 0 Å². The molecule has 1 aliphatic carbocycles. The Kier molecular flexibility index (Phi) is 3.92. The molecule has 2 aliphatic heterocycles. The molecule has 2 heterocycles. The molecule has 1 atom stereocenters. The van der Waals surface area contributed by atoms with Crippen LogP contribution in [0, 0.1) is 0 Å². The van der Waals surface area contributed by atoms with Gasteiger partial charge in [0.1, 0.15) is 5.54 Å². The van der Waals surface area contributed by atoms with Gasteiger partial charge in [-0.05, 0) is 19.8 Å². The highest BCUT2D eigenvalue weighted by molar-refractivity contribution is 7.91. The second-order valence-electron chi connectivity index (χ2n) is 6.68. The van der Waals surface area contributed by atoms with Crippen LogP contribution in [0.2, 0.25) is 0 Å². The van der Waals surface area contributed by atoms with E-state index in [-0.39, 0.29) is 29.5 Å². The van der Waals surface area contributed by atoms with E-state index in [4.69, 9.17) is 0 Å². The van der Waals surface area contributed by atoms with Crippen LogP contribution >= 0.6 is 0 Å². The summed E-state index contributed by atoms with van der Waals surface area (Å²) in [5.74, 6) is 0.200. The third kappa shape index (κ3) is 2.74. The van der Waals surface area contributed by atoms with Crippen LogP contribution in [0.4, 0.5) is 4.79 Å². The summed E-state index contributed by atoms with van der Waals surface area (Å²) >= 11 is 0. The number of rotatable bonds is 3. The monoisotopic (exact) mass is 329 g/mol. The first-order chi connectivity index (χ1) is 10.3. The van der Waals surface area contributed by atoms with Crippen molar-refractivity contribution >= 4 is 21.8 Å². The van der Waals surface area contributed by atoms with E-state index in [1.165, 1.54) is 4.90 Å². The Morgan fingerprint density at radius 3 is 2.55 bits per heavy atom. The summed E-state index contributed by atoms with van der Waals surface area (Å²) in [6, 6.07) is -0.371. The molecule has 7 nitrogen and oxygen atoms in total. The second kappa shape index (κ2) is 5.49. The minimum atomic E-state index is -2.94. The normalized spacial score (nSPS) is 31.0. The molecule has 2 saturated heterocycles. The number of carbonyl (C=O) groups is 2. The molecule has 8 heteroatoms. The first kappa shape index (κ1) is 15.7. The van der Waals surface area contributed by atoms with Gasteiger partial charge >= 0.3 is 6.03 Å². The molecule has 0 aromatic carbocycles. The van der Waals surface area contributed by atoms with Crippen molar-refractivity contribution in [1.82, 2.24) is 15.1 Å². The topological polar surface area (TPSA) is 86.8 Å². The highest BCUT2D eigenvalue weighted by atomic mass is 32.2. The van der Waals surface area contributed by atoms with E-state index >= 15 is 0 Å². The van der Waals surface area contributed by atoms with Crippen molar-refractivity contribution in [2.75, 3.05) is 31.1 Å². The number of sulfone groups is 1. The molecule has 3 fully saturated rings. The number of hydrogen-bond donors (Lipinski definition) is 1. The third-order valence-corrected chi connectivity index (χ3v) is 6.92. The number of amides is 3. The van der Waals surface area contributed by atoms with Gasteiger partial charge < -0.3 is 5.32 Å². The van der Waals surface area contributed by atoms with E-state index in [2.05, 4.69) is 5.32 Å². The summed E-state index contributed by atoms with van der Waals surface area (Å²) in [6.07, 6.45) is 3.40. The average Bonchev–Trinajstić information content (AvgIpc) is 2.97. The van der Waals surface area contributed by atoms with Crippen molar-refractivity contribution in [3.05, 3.63) is 0 Å². The van der Waals surface area contributed by atoms with Crippen molar-refractivity contribution in [3.8, 4) is 0 Å². The molecule has 22 heavy (non-hydrogen) atoms. The molecule has 1 saturated carbocycles. The fourth-order valence-corrected chi connectivity index (χ4v) is 5.42. The first-order valence-corrected chi connectivity index (χ1v) is 9.74. The van der Waals surface area contributed by atoms with Crippen LogP contribution < -0.4 is 5.32 Å². The molecular weight excluding hydrogens is 306 g/mol. The fraction of sp³-hybridized carbons (Fsp3) is 0.857. The predicted molar refractivity (Wildman–Crippen MR) is 81.1 cm³/mol. The van der Waals surface area contributed by atoms with Crippen LogP contribution in [-0.4, -0.2) is 72.9 Å². The van der Waals surface area contributed by atoms with Gasteiger partial charge in [0.25, 0.3) is 5.91 Å². The van der Waals surface area contributed by atoms with Crippen molar-refractivity contribution in [2.45, 2.75) is 44.2 Å². The van der Waals surface area contributed by atoms with E-state index < -0.39 is 15.4 Å². The van der Waals surface area contributed by atoms with Crippen LogP contribution in [-0.2, 0) is 14.6 Å². The van der Waals surface area contributed by atoms with Crippen molar-refractivity contribution in [3.63, 3.8) is 0 Å². The van der Waals surface area contributed by atoms with E-state index in [1.807, 2.05) is 11.8 Å². The lowest BCUT2D eigenvalue weighted by atomic mass is 9.98. The van der Waals surface area contributed by atoms with Crippen molar-refractivity contribution in [1.29, 1.82) is 0 Å². The highest BCUT2D eigenvalue weighted by Gasteiger charge is 2.52. The Hall–Kier alpha value is -1.15. The van der Waals surface area contributed by atoms with Crippen LogP contribution in [0.3, 0.4) is 0 Å². The quantitative estimate of drug-likeness (QED) is 0.735. The van der Waals surface area contributed by atoms with E-state index in [9.17, 15) is 18.0 Å². The van der Waals surface area contributed by atoms with Gasteiger partial charge in [0, 0.05) is 25.7 Å². The van der Waals surface area contributed by atoms with Crippen LogP contribution in [0.25, 0.3) is 0 Å². The molecule has 3 aliphatic rings. The lowest BCUT2D eigenvalue weighted by molar-refractivity contribution is -0.131. The Morgan fingerprint density at radius 1 is 1.23 bits per heavy atom. The second-order valence-corrected chi connectivity index (χ2v) is 8.90. The smallest absolute Gasteiger partial charge is 0.323 e. The number of nitrogens with zero attached hydrogens (tertiary/aromatic N) is 2. The summed E-state index contributed by atoms with van der Waals surface area (Å²) in [4.78, 5) is 28.0. The zero-order valence-corrected chi connectivity index (χ0v) is 13.7. The maximum absolute atomic E-state index is 12.5. The maximum atomic E-state index is 12.5. The minimum absolute atomic E-state index is 0.0695. The molecule has 0 aromatic heterocycles. The number of urea groups is 1. The molecule has 1 unspecified atom stereocenters. The standard InChI is InChI=1S/C14H23N3O4S/c1-11-10-22(20,21)9-8-16(11)6-7-17-12(18)14(15-13(17)19)4-2-3-5-14/h11H,2-10H2,1H3,(H,15,19). The molecule has 1 spiro atoms. The number of hydrogen-bond acceptors (Lipinski definition) is 5. The van der Waals surface area contributed by atoms with E-state index in [0.717, 1.165) is 25.7 Å². The van der Waals surface area contributed by atoms with Crippen LogP contribution in [0.1, 0.15) is 32.6 Å². The molecule has 1 N–H and O–H groups in total. The zero-order valence-electron chi connectivity index (χ0n) is 12.9. The van der Waals surface area contributed by atoms with Crippen molar-refractivity contribution in [2.24, 2.45) is 0 Å². The first-order valence-electron chi connectivity index (χ1n) is 7.92. The molecule has 0 aromatic rings. The highest BCUT2D eigenvalue weighted by Crippen LogP contribution is 2.34. The summed E-state index contributed by atoms with van der Waals surface area (Å²) < 4.78 is 23.2. The van der Waals surface area contributed by atoms with Gasteiger partial charge in [0.05, 0.1) is 11.5 Å². The Morgan fingerprint density at radius 2 is 1.91 bits per heavy atom. The zero-order chi connectivity index (χ0) is 16.0. The Labute approximate surface area is 130 Å². The summed E-state index contributed by atoms with van der Waals surface area (Å²) in [5.41, 5.74) is -0.659. The fourth-order valence-electron chi connectivity index (χ4n) is 3.79. The summed E-state index contributed by atoms with van der Waals surface area (Å²) in [7, 11) is -2.94. The lowest BCUT2D eigenvalue weighted by Crippen LogP contribution is -2.50.